The summed E-state index contributed by atoms with van der Waals surface area (Å²) in [6.45, 7) is 0. The Morgan fingerprint density at radius 1 is 1.00 bits per heavy atom. The first-order chi connectivity index (χ1) is 8.20. The molecule has 0 unspecified atom stereocenters. The fourth-order valence-corrected chi connectivity index (χ4v) is 1.51. The minimum Gasteiger partial charge on any atom is -0.497 e. The molecule has 1 aromatic carbocycles. The van der Waals surface area contributed by atoms with Crippen LogP contribution in [0.5, 0.6) is 5.75 Å². The van der Waals surface area contributed by atoms with Crippen molar-refractivity contribution in [1.29, 1.82) is 0 Å². The Hall–Kier alpha value is -1.85. The second kappa shape index (κ2) is 4.99. The molecule has 0 bridgehead atoms. The van der Waals surface area contributed by atoms with Gasteiger partial charge in [-0.2, -0.15) is 0 Å². The fourth-order valence-electron chi connectivity index (χ4n) is 1.51. The van der Waals surface area contributed by atoms with Gasteiger partial charge in [0.15, 0.2) is 0 Å². The van der Waals surface area contributed by atoms with Gasteiger partial charge in [-0.15, -0.1) is 0 Å². The molecule has 1 aromatic heterocycles. The third-order valence-electron chi connectivity index (χ3n) is 2.47. The summed E-state index contributed by atoms with van der Waals surface area (Å²) in [6, 6.07) is 11.0. The van der Waals surface area contributed by atoms with E-state index >= 15 is 0 Å². The lowest BCUT2D eigenvalue weighted by molar-refractivity contribution is 0.415. The van der Waals surface area contributed by atoms with E-state index in [0.717, 1.165) is 16.9 Å². The normalized spacial score (nSPS) is 10.1. The van der Waals surface area contributed by atoms with Crippen LogP contribution in [0.1, 0.15) is 0 Å². The summed E-state index contributed by atoms with van der Waals surface area (Å²) in [7, 11) is 0.0912. The van der Waals surface area contributed by atoms with E-state index in [1.807, 2.05) is 24.3 Å². The Kier molecular flexibility index (Phi) is 3.42. The molecule has 0 saturated heterocycles. The van der Waals surface area contributed by atoms with Crippen molar-refractivity contribution < 1.29 is 14.8 Å². The SMILES string of the molecule is COc1ccc(-c2ccc(B(O)O)nc2)cc1. The molecule has 0 radical (unpaired) electrons. The zero-order valence-corrected chi connectivity index (χ0v) is 9.37. The third kappa shape index (κ3) is 2.64. The summed E-state index contributed by atoms with van der Waals surface area (Å²) >= 11 is 0. The number of methoxy groups -OCH3 is 1. The number of benzene rings is 1. The Morgan fingerprint density at radius 3 is 2.12 bits per heavy atom. The quantitative estimate of drug-likeness (QED) is 0.749. The third-order valence-corrected chi connectivity index (χ3v) is 2.47. The Labute approximate surface area is 99.7 Å². The number of pyridine rings is 1. The molecule has 4 nitrogen and oxygen atoms in total. The smallest absolute Gasteiger partial charge is 0.497 e. The molecule has 0 aliphatic rings. The molecule has 1 heterocycles. The zero-order valence-electron chi connectivity index (χ0n) is 9.37. The minimum atomic E-state index is -1.53. The summed E-state index contributed by atoms with van der Waals surface area (Å²) in [5, 5.41) is 17.9. The first-order valence-corrected chi connectivity index (χ1v) is 5.17. The highest BCUT2D eigenvalue weighted by Crippen LogP contribution is 2.20. The molecule has 0 aliphatic heterocycles. The predicted octanol–water partition coefficient (Wildman–Crippen LogP) is 0.437. The number of rotatable bonds is 3. The lowest BCUT2D eigenvalue weighted by Gasteiger charge is -2.04. The van der Waals surface area contributed by atoms with Crippen LogP contribution in [0.25, 0.3) is 11.1 Å². The van der Waals surface area contributed by atoms with Crippen molar-refractivity contribution in [3.05, 3.63) is 42.6 Å². The van der Waals surface area contributed by atoms with Crippen molar-refractivity contribution in [2.75, 3.05) is 7.11 Å². The van der Waals surface area contributed by atoms with Gasteiger partial charge in [0.05, 0.1) is 12.7 Å². The van der Waals surface area contributed by atoms with Crippen LogP contribution in [0.4, 0.5) is 0 Å². The van der Waals surface area contributed by atoms with Crippen LogP contribution in [0.2, 0.25) is 0 Å². The van der Waals surface area contributed by atoms with Crippen LogP contribution >= 0.6 is 0 Å². The van der Waals surface area contributed by atoms with E-state index in [9.17, 15) is 0 Å². The van der Waals surface area contributed by atoms with Crippen LogP contribution in [0.3, 0.4) is 0 Å². The second-order valence-corrected chi connectivity index (χ2v) is 3.57. The van der Waals surface area contributed by atoms with Crippen molar-refractivity contribution in [2.24, 2.45) is 0 Å². The maximum atomic E-state index is 8.93. The zero-order chi connectivity index (χ0) is 12.3. The van der Waals surface area contributed by atoms with Crippen LogP contribution in [-0.4, -0.2) is 29.3 Å². The van der Waals surface area contributed by atoms with E-state index < -0.39 is 7.12 Å². The van der Waals surface area contributed by atoms with E-state index in [2.05, 4.69) is 4.98 Å². The molecule has 17 heavy (non-hydrogen) atoms. The average Bonchev–Trinajstić information content (AvgIpc) is 2.39. The maximum absolute atomic E-state index is 8.93. The van der Waals surface area contributed by atoms with Gasteiger partial charge in [-0.1, -0.05) is 18.2 Å². The van der Waals surface area contributed by atoms with Crippen LogP contribution < -0.4 is 10.3 Å². The van der Waals surface area contributed by atoms with Gasteiger partial charge in [0.1, 0.15) is 5.75 Å². The van der Waals surface area contributed by atoms with Gasteiger partial charge in [-0.05, 0) is 29.3 Å². The number of ether oxygens (including phenoxy) is 1. The molecule has 0 spiro atoms. The van der Waals surface area contributed by atoms with E-state index in [1.165, 1.54) is 0 Å². The minimum absolute atomic E-state index is 0.238. The van der Waals surface area contributed by atoms with Gasteiger partial charge in [0.25, 0.3) is 0 Å². The molecule has 86 valence electrons. The number of hydrogen-bond acceptors (Lipinski definition) is 4. The van der Waals surface area contributed by atoms with E-state index in [4.69, 9.17) is 14.8 Å². The molecule has 0 saturated carbocycles. The lowest BCUT2D eigenvalue weighted by atomic mass is 9.85. The molecule has 0 fully saturated rings. The van der Waals surface area contributed by atoms with E-state index in [0.29, 0.717) is 0 Å². The van der Waals surface area contributed by atoms with Gasteiger partial charge in [-0.25, -0.2) is 0 Å². The summed E-state index contributed by atoms with van der Waals surface area (Å²) in [6.07, 6.45) is 1.61. The van der Waals surface area contributed by atoms with Crippen LogP contribution in [-0.2, 0) is 0 Å². The molecular weight excluding hydrogens is 217 g/mol. The number of aromatic nitrogens is 1. The van der Waals surface area contributed by atoms with Crippen LogP contribution in [0.15, 0.2) is 42.6 Å². The highest BCUT2D eigenvalue weighted by Gasteiger charge is 2.12. The molecule has 2 rings (SSSR count). The van der Waals surface area contributed by atoms with Crippen molar-refractivity contribution in [3.8, 4) is 16.9 Å². The standard InChI is InChI=1S/C12H12BNO3/c1-17-11-5-2-9(3-6-11)10-4-7-12(13(15)16)14-8-10/h2-8,15-16H,1H3. The van der Waals surface area contributed by atoms with Gasteiger partial charge in [-0.3, -0.25) is 4.98 Å². The first kappa shape index (κ1) is 11.6. The van der Waals surface area contributed by atoms with Gasteiger partial charge < -0.3 is 14.8 Å². The topological polar surface area (TPSA) is 62.6 Å². The monoisotopic (exact) mass is 229 g/mol. The Balaban J connectivity index is 2.26. The summed E-state index contributed by atoms with van der Waals surface area (Å²) in [5.41, 5.74) is 2.15. The van der Waals surface area contributed by atoms with Crippen LogP contribution in [0, 0.1) is 0 Å². The van der Waals surface area contributed by atoms with E-state index in [-0.39, 0.29) is 5.59 Å². The largest absolute Gasteiger partial charge is 0.508 e. The lowest BCUT2D eigenvalue weighted by Crippen LogP contribution is -2.32. The van der Waals surface area contributed by atoms with Crippen molar-refractivity contribution in [1.82, 2.24) is 4.98 Å². The Bertz CT molecular complexity index is 482. The van der Waals surface area contributed by atoms with Crippen molar-refractivity contribution >= 4 is 12.7 Å². The highest BCUT2D eigenvalue weighted by atomic mass is 16.5. The van der Waals surface area contributed by atoms with Crippen molar-refractivity contribution in [3.63, 3.8) is 0 Å². The number of nitrogens with zero attached hydrogens (tertiary/aromatic N) is 1. The molecule has 0 atom stereocenters. The summed E-state index contributed by atoms with van der Waals surface area (Å²) in [4.78, 5) is 3.97. The molecule has 2 aromatic rings. The van der Waals surface area contributed by atoms with E-state index in [1.54, 1.807) is 25.4 Å². The summed E-state index contributed by atoms with van der Waals surface area (Å²) in [5.74, 6) is 0.795. The molecule has 2 N–H and O–H groups in total. The Morgan fingerprint density at radius 2 is 1.65 bits per heavy atom. The summed E-state index contributed by atoms with van der Waals surface area (Å²) < 4.78 is 5.07. The molecule has 0 aliphatic carbocycles. The maximum Gasteiger partial charge on any atom is 0.508 e. The molecular formula is C12H12BNO3. The first-order valence-electron chi connectivity index (χ1n) is 5.17. The van der Waals surface area contributed by atoms with Gasteiger partial charge in [0, 0.05) is 6.20 Å². The second-order valence-electron chi connectivity index (χ2n) is 3.57. The van der Waals surface area contributed by atoms with Crippen molar-refractivity contribution in [2.45, 2.75) is 0 Å². The number of hydrogen-bond donors (Lipinski definition) is 2. The van der Waals surface area contributed by atoms with Gasteiger partial charge >= 0.3 is 7.12 Å². The fraction of sp³-hybridized carbons (Fsp3) is 0.0833. The molecule has 0 amide bonds. The molecule has 5 heteroatoms. The predicted molar refractivity (Wildman–Crippen MR) is 66.1 cm³/mol. The average molecular weight is 229 g/mol. The van der Waals surface area contributed by atoms with Gasteiger partial charge in [0.2, 0.25) is 0 Å². The highest BCUT2D eigenvalue weighted by molar-refractivity contribution is 6.57.